The number of benzene rings is 6. The normalized spacial score (nSPS) is 22.5. The number of aliphatic hydroxyl groups excluding tert-OH is 1. The maximum absolute atomic E-state index is 15.8. The highest BCUT2D eigenvalue weighted by molar-refractivity contribution is 6.91. The Morgan fingerprint density at radius 1 is 0.778 bits per heavy atom. The highest BCUT2D eigenvalue weighted by Gasteiger charge is 2.67. The van der Waals surface area contributed by atoms with Gasteiger partial charge in [-0.1, -0.05) is 104 Å². The molecule has 10 nitrogen and oxygen atoms in total. The predicted octanol–water partition coefficient (Wildman–Crippen LogP) is 9.01. The molecule has 6 aromatic carbocycles. The summed E-state index contributed by atoms with van der Waals surface area (Å²) >= 11 is 0. The number of ether oxygens (including phenoxy) is 3. The molecule has 63 heavy (non-hydrogen) atoms. The molecule has 1 saturated heterocycles. The molecule has 1 fully saturated rings. The van der Waals surface area contributed by atoms with Gasteiger partial charge in [0.2, 0.25) is 5.91 Å². The Morgan fingerprint density at radius 3 is 2.21 bits per heavy atom. The lowest BCUT2D eigenvalue weighted by Crippen LogP contribution is -2.52. The van der Waals surface area contributed by atoms with Crippen LogP contribution in [0, 0.1) is 5.92 Å². The van der Waals surface area contributed by atoms with Crippen LogP contribution in [0.2, 0.25) is 18.6 Å². The highest BCUT2D eigenvalue weighted by atomic mass is 28.3. The quantitative estimate of drug-likeness (QED) is 0.152. The molecule has 0 bridgehead atoms. The minimum Gasteiger partial charge on any atom is -0.497 e. The summed E-state index contributed by atoms with van der Waals surface area (Å²) in [5, 5.41) is 11.8. The smallest absolute Gasteiger partial charge is 0.268 e. The molecule has 4 aliphatic heterocycles. The second-order valence-electron chi connectivity index (χ2n) is 17.6. The van der Waals surface area contributed by atoms with Gasteiger partial charge < -0.3 is 24.2 Å². The van der Waals surface area contributed by atoms with E-state index in [1.54, 1.807) is 33.9 Å². The van der Waals surface area contributed by atoms with Gasteiger partial charge in [-0.15, -0.1) is 0 Å². The number of amides is 3. The van der Waals surface area contributed by atoms with Crippen LogP contribution in [-0.2, 0) is 32.9 Å². The Hall–Kier alpha value is -6.53. The molecule has 5 atom stereocenters. The zero-order chi connectivity index (χ0) is 43.6. The molecule has 0 saturated carbocycles. The average molecular weight is 856 g/mol. The Bertz CT molecular complexity index is 2760. The first-order chi connectivity index (χ1) is 30.5. The number of para-hydroxylation sites is 4. The maximum Gasteiger partial charge on any atom is 0.268 e. The van der Waals surface area contributed by atoms with Crippen LogP contribution in [0.5, 0.6) is 17.2 Å². The van der Waals surface area contributed by atoms with Gasteiger partial charge in [-0.05, 0) is 89.8 Å². The van der Waals surface area contributed by atoms with Crippen LogP contribution in [0.4, 0.5) is 22.7 Å². The number of anilines is 4. The van der Waals surface area contributed by atoms with Crippen molar-refractivity contribution >= 4 is 53.7 Å². The second kappa shape index (κ2) is 15.7. The summed E-state index contributed by atoms with van der Waals surface area (Å²) in [7, 11) is -1.01. The van der Waals surface area contributed by atoms with Crippen molar-refractivity contribution in [3.63, 3.8) is 0 Å². The first kappa shape index (κ1) is 40.5. The maximum atomic E-state index is 15.8. The number of rotatable bonds is 8. The van der Waals surface area contributed by atoms with Gasteiger partial charge in [0.05, 0.1) is 57.3 Å². The minimum atomic E-state index is -2.66. The van der Waals surface area contributed by atoms with Gasteiger partial charge >= 0.3 is 0 Å². The third-order valence-corrected chi connectivity index (χ3v) is 18.3. The number of fused-ring (bicyclic) bond motifs is 5. The Kier molecular flexibility index (Phi) is 10.1. The number of methoxy groups -OCH3 is 1. The van der Waals surface area contributed by atoms with E-state index in [-0.39, 0.29) is 36.3 Å². The van der Waals surface area contributed by atoms with Crippen molar-refractivity contribution in [2.75, 3.05) is 23.5 Å². The molecule has 10 rings (SSSR count). The van der Waals surface area contributed by atoms with Crippen molar-refractivity contribution in [1.82, 2.24) is 4.90 Å². The predicted molar refractivity (Wildman–Crippen MR) is 245 cm³/mol. The number of carbonyl (C=O) groups is 3. The van der Waals surface area contributed by atoms with E-state index in [0.717, 1.165) is 22.1 Å². The molecular weight excluding hydrogens is 807 g/mol. The molecule has 11 heteroatoms. The summed E-state index contributed by atoms with van der Waals surface area (Å²) < 4.78 is 19.4. The molecule has 1 N–H and O–H groups in total. The third-order valence-electron chi connectivity index (χ3n) is 13.9. The van der Waals surface area contributed by atoms with Crippen molar-refractivity contribution in [3.05, 3.63) is 168 Å². The van der Waals surface area contributed by atoms with Gasteiger partial charge in [-0.3, -0.25) is 24.2 Å². The molecule has 0 aliphatic carbocycles. The number of nitrogens with zero attached hydrogens (tertiary/aromatic N) is 3. The fraction of sp³-hybridized carbons (Fsp3) is 0.250. The molecule has 0 unspecified atom stereocenters. The molecule has 3 amide bonds. The van der Waals surface area contributed by atoms with E-state index in [0.29, 0.717) is 58.3 Å². The van der Waals surface area contributed by atoms with Crippen molar-refractivity contribution in [3.8, 4) is 17.2 Å². The van der Waals surface area contributed by atoms with E-state index in [9.17, 15) is 14.7 Å². The van der Waals surface area contributed by atoms with E-state index in [1.165, 1.54) is 0 Å². The molecule has 318 valence electrons. The van der Waals surface area contributed by atoms with E-state index in [4.69, 9.17) is 14.2 Å². The summed E-state index contributed by atoms with van der Waals surface area (Å²) in [6.07, 6.45) is -0.111. The van der Waals surface area contributed by atoms with Gasteiger partial charge in [0.25, 0.3) is 11.8 Å². The fourth-order valence-corrected chi connectivity index (χ4v) is 14.8. The van der Waals surface area contributed by atoms with Crippen molar-refractivity contribution < 1.29 is 33.7 Å². The molecule has 0 radical (unpaired) electrons. The van der Waals surface area contributed by atoms with Crippen molar-refractivity contribution in [2.45, 2.75) is 62.7 Å². The SMILES string of the molecule is COc1ccc([Si](C)(C)[C@H]2[C@H](CC(=O)N3Cc4ccccc4C[C@H]3CO)O[C@@]3(C(=O)N(c4ccccc4)c4ccc(N5C(=O)c6ccccc6Oc6ccccc65)cc43)[C@@H]2C)cc1. The van der Waals surface area contributed by atoms with E-state index in [2.05, 4.69) is 38.2 Å². The zero-order valence-corrected chi connectivity index (χ0v) is 36.7. The number of hydrogen-bond donors (Lipinski definition) is 1. The average Bonchev–Trinajstić information content (AvgIpc) is 3.69. The lowest BCUT2D eigenvalue weighted by Gasteiger charge is -2.39. The molecular formula is C52H49N3O7Si. The largest absolute Gasteiger partial charge is 0.497 e. The summed E-state index contributed by atoms with van der Waals surface area (Å²) in [6, 6.07) is 45.7. The summed E-state index contributed by atoms with van der Waals surface area (Å²) in [5.74, 6) is 0.634. The van der Waals surface area contributed by atoms with Crippen LogP contribution >= 0.6 is 0 Å². The van der Waals surface area contributed by atoms with Crippen LogP contribution < -0.4 is 24.5 Å². The molecule has 4 aliphatic rings. The Morgan fingerprint density at radius 2 is 1.46 bits per heavy atom. The third kappa shape index (κ3) is 6.48. The summed E-state index contributed by atoms with van der Waals surface area (Å²) in [6.45, 7) is 6.89. The fourth-order valence-electron chi connectivity index (χ4n) is 10.8. The number of carbonyl (C=O) groups excluding carboxylic acids is 3. The minimum absolute atomic E-state index is 0.0156. The van der Waals surface area contributed by atoms with Crippen LogP contribution in [0.15, 0.2) is 146 Å². The molecule has 1 spiro atoms. The van der Waals surface area contributed by atoms with Crippen molar-refractivity contribution in [1.29, 1.82) is 0 Å². The monoisotopic (exact) mass is 855 g/mol. The van der Waals surface area contributed by atoms with Gasteiger partial charge in [-0.25, -0.2) is 0 Å². The van der Waals surface area contributed by atoms with Crippen molar-refractivity contribution in [2.24, 2.45) is 5.92 Å². The number of hydrogen-bond acceptors (Lipinski definition) is 7. The lowest BCUT2D eigenvalue weighted by molar-refractivity contribution is -0.150. The van der Waals surface area contributed by atoms with E-state index in [1.807, 2.05) is 115 Å². The van der Waals surface area contributed by atoms with E-state index < -0.39 is 31.7 Å². The molecule has 0 aromatic heterocycles. The Labute approximate surface area is 368 Å². The first-order valence-corrected chi connectivity index (χ1v) is 24.7. The second-order valence-corrected chi connectivity index (χ2v) is 22.3. The van der Waals surface area contributed by atoms with Gasteiger partial charge in [0, 0.05) is 29.4 Å². The van der Waals surface area contributed by atoms with Gasteiger partial charge in [0.1, 0.15) is 11.5 Å². The zero-order valence-electron chi connectivity index (χ0n) is 35.7. The topological polar surface area (TPSA) is 109 Å². The van der Waals surface area contributed by atoms with Gasteiger partial charge in [-0.2, -0.15) is 0 Å². The lowest BCUT2D eigenvalue weighted by atomic mass is 9.82. The standard InChI is InChI=1S/C52H49N3O7Si/c1-33-49(63(3,4)40-25-23-39(60-2)24-26-40)47(30-48(57)53-31-35-15-9-8-14-34(35)28-38(53)32-56)62-52(33)42-29-37(22-27-43(42)55(51(52)59)36-16-6-5-7-17-36)54-44-19-11-13-21-46(44)61-45-20-12-10-18-41(45)50(54)58/h5-27,29,33,38,47,49,56H,28,30-32H2,1-4H3/t33-,38+,47+,49-,52+/m1/s1. The first-order valence-electron chi connectivity index (χ1n) is 21.6. The van der Waals surface area contributed by atoms with Crippen LogP contribution in [0.25, 0.3) is 0 Å². The molecule has 4 heterocycles. The van der Waals surface area contributed by atoms with Crippen LogP contribution in [0.1, 0.15) is 40.4 Å². The van der Waals surface area contributed by atoms with Gasteiger partial charge in [0.15, 0.2) is 11.4 Å². The summed E-state index contributed by atoms with van der Waals surface area (Å²) in [5.41, 5.74) is 3.88. The van der Waals surface area contributed by atoms with E-state index >= 15 is 4.79 Å². The Balaban J connectivity index is 1.13. The van der Waals surface area contributed by atoms with Crippen LogP contribution in [0.3, 0.4) is 0 Å². The summed E-state index contributed by atoms with van der Waals surface area (Å²) in [4.78, 5) is 50.6. The number of aliphatic hydroxyl groups is 1. The molecule has 6 aromatic rings. The highest BCUT2D eigenvalue weighted by Crippen LogP contribution is 2.62. The van der Waals surface area contributed by atoms with Crippen LogP contribution in [-0.4, -0.2) is 61.7 Å².